The van der Waals surface area contributed by atoms with E-state index in [0.717, 1.165) is 62.5 Å². The molecular weight excluding hydrogens is 406 g/mol. The summed E-state index contributed by atoms with van der Waals surface area (Å²) in [5.74, 6) is 0. The number of anilines is 1. The van der Waals surface area contributed by atoms with Gasteiger partial charge in [-0.25, -0.2) is 20.0 Å². The first-order valence-electron chi connectivity index (χ1n) is 10.9. The van der Waals surface area contributed by atoms with Gasteiger partial charge in [-0.1, -0.05) is 18.2 Å². The van der Waals surface area contributed by atoms with E-state index in [1.54, 1.807) is 0 Å². The van der Waals surface area contributed by atoms with Crippen LogP contribution in [0, 0.1) is 0 Å². The SMILES string of the molecule is CN(C)c1ccccc1C1=CC2=CC3=NC(=CC4=NC(=CC5=NC(=CC1=N2)C=C5)C=C4)C=C3. The predicted molar refractivity (Wildman–Crippen MR) is 138 cm³/mol. The van der Waals surface area contributed by atoms with Gasteiger partial charge >= 0.3 is 0 Å². The van der Waals surface area contributed by atoms with Gasteiger partial charge in [-0.3, -0.25) is 0 Å². The van der Waals surface area contributed by atoms with Crippen LogP contribution in [-0.2, 0) is 0 Å². The van der Waals surface area contributed by atoms with Crippen molar-refractivity contribution in [2.45, 2.75) is 0 Å². The molecule has 0 N–H and O–H groups in total. The van der Waals surface area contributed by atoms with E-state index in [1.165, 1.54) is 0 Å². The Morgan fingerprint density at radius 3 is 1.70 bits per heavy atom. The molecule has 5 heteroatoms. The van der Waals surface area contributed by atoms with Gasteiger partial charge in [-0.2, -0.15) is 0 Å². The van der Waals surface area contributed by atoms with Gasteiger partial charge in [0.15, 0.2) is 0 Å². The molecule has 0 spiro atoms. The van der Waals surface area contributed by atoms with Gasteiger partial charge in [0.25, 0.3) is 0 Å². The van der Waals surface area contributed by atoms with Gasteiger partial charge in [-0.05, 0) is 72.9 Å². The molecule has 5 aliphatic heterocycles. The number of fused-ring (bicyclic) bond motifs is 4. The molecule has 1 aromatic carbocycles. The first-order chi connectivity index (χ1) is 16.1. The minimum atomic E-state index is 0.869. The minimum absolute atomic E-state index is 0.869. The van der Waals surface area contributed by atoms with Crippen LogP contribution in [0.1, 0.15) is 5.56 Å². The van der Waals surface area contributed by atoms with E-state index in [2.05, 4.69) is 54.3 Å². The van der Waals surface area contributed by atoms with Crippen LogP contribution >= 0.6 is 0 Å². The Hall–Kier alpha value is -4.38. The summed E-state index contributed by atoms with van der Waals surface area (Å²) in [7, 11) is 4.12. The van der Waals surface area contributed by atoms with Crippen molar-refractivity contribution in [1.29, 1.82) is 0 Å². The fourth-order valence-corrected chi connectivity index (χ4v) is 4.20. The van der Waals surface area contributed by atoms with E-state index in [-0.39, 0.29) is 0 Å². The molecule has 8 bridgehead atoms. The van der Waals surface area contributed by atoms with Crippen LogP contribution in [0.15, 0.2) is 134 Å². The zero-order chi connectivity index (χ0) is 22.4. The fraction of sp³-hybridized carbons (Fsp3) is 0.0714. The van der Waals surface area contributed by atoms with Crippen LogP contribution in [0.3, 0.4) is 0 Å². The maximum atomic E-state index is 4.95. The van der Waals surface area contributed by atoms with Gasteiger partial charge in [0.2, 0.25) is 0 Å². The Labute approximate surface area is 192 Å². The first kappa shape index (κ1) is 19.3. The third-order valence-corrected chi connectivity index (χ3v) is 5.71. The predicted octanol–water partition coefficient (Wildman–Crippen LogP) is 5.17. The van der Waals surface area contributed by atoms with Crippen molar-refractivity contribution in [1.82, 2.24) is 0 Å². The summed E-state index contributed by atoms with van der Waals surface area (Å²) in [5, 5.41) is 0. The molecule has 0 amide bonds. The molecule has 0 unspecified atom stereocenters. The lowest BCUT2D eigenvalue weighted by Gasteiger charge is -2.18. The van der Waals surface area contributed by atoms with Crippen molar-refractivity contribution in [3.63, 3.8) is 0 Å². The van der Waals surface area contributed by atoms with Crippen molar-refractivity contribution in [3.05, 3.63) is 119 Å². The van der Waals surface area contributed by atoms with Crippen molar-refractivity contribution in [3.8, 4) is 0 Å². The van der Waals surface area contributed by atoms with Crippen LogP contribution in [-0.4, -0.2) is 36.9 Å². The molecule has 5 heterocycles. The standard InChI is InChI=1S/C28H21N5/c1-33(2)28-6-4-3-5-25(28)26-16-24-15-22-10-9-20(30-22)13-18-7-8-19(29-18)14-21-11-12-23(31-21)17-27(26)32-24/h3-17H,1-2H3. The van der Waals surface area contributed by atoms with E-state index < -0.39 is 0 Å². The quantitative estimate of drug-likeness (QED) is 0.642. The molecule has 5 aliphatic rings. The normalized spacial score (nSPS) is 19.9. The number of hydrogen-bond donors (Lipinski definition) is 0. The van der Waals surface area contributed by atoms with Gasteiger partial charge in [-0.15, -0.1) is 0 Å². The molecule has 0 atom stereocenters. The number of nitrogens with zero attached hydrogens (tertiary/aromatic N) is 5. The molecule has 0 fully saturated rings. The Morgan fingerprint density at radius 2 is 1.09 bits per heavy atom. The molecule has 158 valence electrons. The molecule has 0 aromatic heterocycles. The summed E-state index contributed by atoms with van der Waals surface area (Å²) in [6.45, 7) is 0. The summed E-state index contributed by atoms with van der Waals surface area (Å²) < 4.78 is 0. The van der Waals surface area contributed by atoms with E-state index in [0.29, 0.717) is 0 Å². The number of benzene rings is 1. The molecule has 0 saturated heterocycles. The number of rotatable bonds is 2. The van der Waals surface area contributed by atoms with Crippen molar-refractivity contribution in [2.75, 3.05) is 19.0 Å². The summed E-state index contributed by atoms with van der Waals surface area (Å²) in [4.78, 5) is 21.3. The average molecular weight is 428 g/mol. The highest BCUT2D eigenvalue weighted by Gasteiger charge is 2.20. The summed E-state index contributed by atoms with van der Waals surface area (Å²) >= 11 is 0. The van der Waals surface area contributed by atoms with Crippen LogP contribution in [0.25, 0.3) is 5.57 Å². The summed E-state index contributed by atoms with van der Waals surface area (Å²) in [6, 6.07) is 8.39. The van der Waals surface area contributed by atoms with Gasteiger partial charge in [0.05, 0.1) is 45.6 Å². The topological polar surface area (TPSA) is 52.7 Å². The number of aliphatic imine (C=N–C) groups is 4. The van der Waals surface area contributed by atoms with Crippen molar-refractivity contribution < 1.29 is 0 Å². The monoisotopic (exact) mass is 427 g/mol. The zero-order valence-corrected chi connectivity index (χ0v) is 18.4. The first-order valence-corrected chi connectivity index (χ1v) is 10.9. The second kappa shape index (κ2) is 7.64. The number of para-hydroxylation sites is 1. The van der Waals surface area contributed by atoms with Crippen LogP contribution < -0.4 is 4.90 Å². The van der Waals surface area contributed by atoms with Crippen LogP contribution in [0.5, 0.6) is 0 Å². The van der Waals surface area contributed by atoms with Crippen molar-refractivity contribution in [2.24, 2.45) is 20.0 Å². The lowest BCUT2D eigenvalue weighted by molar-refractivity contribution is 1.13. The molecule has 1 aromatic rings. The van der Waals surface area contributed by atoms with E-state index in [4.69, 9.17) is 15.0 Å². The molecule has 0 saturated carbocycles. The highest BCUT2D eigenvalue weighted by Crippen LogP contribution is 2.33. The van der Waals surface area contributed by atoms with E-state index in [9.17, 15) is 0 Å². The van der Waals surface area contributed by atoms with Gasteiger partial charge < -0.3 is 4.90 Å². The smallest absolute Gasteiger partial charge is 0.0738 e. The van der Waals surface area contributed by atoms with Gasteiger partial charge in [0.1, 0.15) is 0 Å². The molecule has 0 aliphatic carbocycles. The maximum absolute atomic E-state index is 4.95. The van der Waals surface area contributed by atoms with Gasteiger partial charge in [0, 0.05) is 30.9 Å². The summed E-state index contributed by atoms with van der Waals surface area (Å²) in [5.41, 5.74) is 10.4. The molecular formula is C28H21N5. The average Bonchev–Trinajstić information content (AvgIpc) is 3.59. The van der Waals surface area contributed by atoms with Crippen LogP contribution in [0.4, 0.5) is 5.69 Å². The lowest BCUT2D eigenvalue weighted by Crippen LogP contribution is -2.12. The Morgan fingerprint density at radius 1 is 0.545 bits per heavy atom. The minimum Gasteiger partial charge on any atom is -0.377 e. The second-order valence-electron chi connectivity index (χ2n) is 8.35. The largest absolute Gasteiger partial charge is 0.377 e. The van der Waals surface area contributed by atoms with E-state index in [1.807, 2.05) is 60.8 Å². The number of hydrogen-bond acceptors (Lipinski definition) is 5. The van der Waals surface area contributed by atoms with Crippen molar-refractivity contribution >= 4 is 34.1 Å². The Balaban J connectivity index is 1.52. The van der Waals surface area contributed by atoms with Crippen LogP contribution in [0.2, 0.25) is 0 Å². The summed E-state index contributed by atoms with van der Waals surface area (Å²) in [6.07, 6.45) is 22.2. The molecule has 0 radical (unpaired) electrons. The van der Waals surface area contributed by atoms with E-state index >= 15 is 0 Å². The highest BCUT2D eigenvalue weighted by molar-refractivity contribution is 6.33. The molecule has 5 nitrogen and oxygen atoms in total. The Bertz CT molecular complexity index is 1460. The number of allylic oxidation sites excluding steroid dienone is 12. The fourth-order valence-electron chi connectivity index (χ4n) is 4.20. The zero-order valence-electron chi connectivity index (χ0n) is 18.4. The molecule has 6 rings (SSSR count). The Kier molecular flexibility index (Phi) is 4.47. The maximum Gasteiger partial charge on any atom is 0.0738 e. The lowest BCUT2D eigenvalue weighted by atomic mass is 9.98. The highest BCUT2D eigenvalue weighted by atomic mass is 15.1. The molecule has 33 heavy (non-hydrogen) atoms. The third-order valence-electron chi connectivity index (χ3n) is 5.71. The second-order valence-corrected chi connectivity index (χ2v) is 8.35. The third kappa shape index (κ3) is 3.74.